The molecule has 2 aliphatic heterocycles. The Labute approximate surface area is 223 Å². The number of aliphatic hydroxyl groups is 1. The highest BCUT2D eigenvalue weighted by atomic mass is 32.1. The van der Waals surface area contributed by atoms with Crippen molar-refractivity contribution >= 4 is 34.3 Å². The van der Waals surface area contributed by atoms with E-state index >= 15 is 0 Å². The third kappa shape index (κ3) is 4.94. The average molecular weight is 537 g/mol. The van der Waals surface area contributed by atoms with Crippen LogP contribution < -0.4 is 20.1 Å². The summed E-state index contributed by atoms with van der Waals surface area (Å²) in [6.45, 7) is 4.45. The molecule has 4 atom stereocenters. The van der Waals surface area contributed by atoms with E-state index in [9.17, 15) is 19.5 Å². The van der Waals surface area contributed by atoms with Crippen LogP contribution in [0.2, 0.25) is 0 Å². The number of aliphatic hydroxyl groups excluding tert-OH is 1. The van der Waals surface area contributed by atoms with Crippen LogP contribution in [0.25, 0.3) is 0 Å². The maximum atomic E-state index is 13.7. The first-order chi connectivity index (χ1) is 18.4. The Balaban J connectivity index is 1.45. The SMILES string of the molecule is CCC(O)c1csc(NC(=O)C([C@@H](C)c2ccccc2)N2C(=O)N[C@H](c3ccc4c(c3)OCCO4)C2=O)n1. The van der Waals surface area contributed by atoms with Crippen LogP contribution in [0.5, 0.6) is 11.5 Å². The van der Waals surface area contributed by atoms with Gasteiger partial charge in [0.25, 0.3) is 5.91 Å². The van der Waals surface area contributed by atoms with Gasteiger partial charge in [-0.25, -0.2) is 14.7 Å². The van der Waals surface area contributed by atoms with Gasteiger partial charge in [-0.2, -0.15) is 0 Å². The summed E-state index contributed by atoms with van der Waals surface area (Å²) in [6.07, 6.45) is -0.261. The zero-order chi connectivity index (χ0) is 26.8. The Kier molecular flexibility index (Phi) is 7.30. The van der Waals surface area contributed by atoms with Gasteiger partial charge >= 0.3 is 6.03 Å². The number of benzene rings is 2. The number of hydrogen-bond acceptors (Lipinski definition) is 8. The first kappa shape index (κ1) is 25.7. The first-order valence-electron chi connectivity index (χ1n) is 12.4. The van der Waals surface area contributed by atoms with Crippen LogP contribution in [-0.2, 0) is 9.59 Å². The topological polar surface area (TPSA) is 130 Å². The summed E-state index contributed by atoms with van der Waals surface area (Å²) in [5, 5.41) is 17.5. The number of fused-ring (bicyclic) bond motifs is 1. The van der Waals surface area contributed by atoms with Crippen molar-refractivity contribution in [2.75, 3.05) is 18.5 Å². The van der Waals surface area contributed by atoms with Gasteiger partial charge in [-0.1, -0.05) is 50.2 Å². The number of carbonyl (C=O) groups is 3. The molecule has 11 heteroatoms. The van der Waals surface area contributed by atoms with Gasteiger partial charge in [-0.05, 0) is 29.7 Å². The van der Waals surface area contributed by atoms with Gasteiger partial charge in [0.15, 0.2) is 16.6 Å². The molecule has 2 aromatic carbocycles. The molecule has 3 heterocycles. The van der Waals surface area contributed by atoms with E-state index in [0.717, 1.165) is 10.5 Å². The molecule has 3 aromatic rings. The molecule has 0 aliphatic carbocycles. The maximum absolute atomic E-state index is 13.7. The van der Waals surface area contributed by atoms with Crippen LogP contribution >= 0.6 is 11.3 Å². The minimum absolute atomic E-state index is 0.276. The molecule has 38 heavy (non-hydrogen) atoms. The van der Waals surface area contributed by atoms with Crippen molar-refractivity contribution < 1.29 is 29.0 Å². The summed E-state index contributed by atoms with van der Waals surface area (Å²) in [6, 6.07) is 11.5. The molecular formula is C27H28N4O6S. The van der Waals surface area contributed by atoms with E-state index in [1.165, 1.54) is 11.3 Å². The van der Waals surface area contributed by atoms with Crippen LogP contribution in [0.3, 0.4) is 0 Å². The van der Waals surface area contributed by atoms with Gasteiger partial charge < -0.3 is 25.2 Å². The van der Waals surface area contributed by atoms with Crippen LogP contribution in [-0.4, -0.2) is 52.1 Å². The van der Waals surface area contributed by atoms with Gasteiger partial charge in [0.1, 0.15) is 25.3 Å². The zero-order valence-corrected chi connectivity index (χ0v) is 21.7. The Hall–Kier alpha value is -3.96. The maximum Gasteiger partial charge on any atom is 0.325 e. The molecule has 2 aliphatic rings. The Morgan fingerprint density at radius 1 is 1.18 bits per heavy atom. The normalized spacial score (nSPS) is 19.0. The second kappa shape index (κ2) is 10.8. The minimum Gasteiger partial charge on any atom is -0.486 e. The van der Waals surface area contributed by atoms with Gasteiger partial charge in [-0.3, -0.25) is 9.59 Å². The number of aromatic nitrogens is 1. The molecule has 1 fully saturated rings. The van der Waals surface area contributed by atoms with Crippen molar-refractivity contribution in [2.24, 2.45) is 0 Å². The van der Waals surface area contributed by atoms with Crippen LogP contribution in [0.1, 0.15) is 55.2 Å². The Bertz CT molecular complexity index is 1350. The molecule has 2 unspecified atom stereocenters. The fourth-order valence-electron chi connectivity index (χ4n) is 4.61. The van der Waals surface area contributed by atoms with Crippen molar-refractivity contribution in [2.45, 2.75) is 44.4 Å². The largest absolute Gasteiger partial charge is 0.486 e. The highest BCUT2D eigenvalue weighted by molar-refractivity contribution is 7.13. The lowest BCUT2D eigenvalue weighted by atomic mass is 9.91. The van der Waals surface area contributed by atoms with Crippen molar-refractivity contribution in [1.82, 2.24) is 15.2 Å². The van der Waals surface area contributed by atoms with E-state index in [1.807, 2.05) is 37.3 Å². The number of nitrogens with one attached hydrogen (secondary N) is 2. The van der Waals surface area contributed by atoms with Gasteiger partial charge in [0.2, 0.25) is 5.91 Å². The smallest absolute Gasteiger partial charge is 0.325 e. The highest BCUT2D eigenvalue weighted by Gasteiger charge is 2.47. The predicted molar refractivity (Wildman–Crippen MR) is 140 cm³/mol. The summed E-state index contributed by atoms with van der Waals surface area (Å²) in [5.74, 6) is -0.560. The van der Waals surface area contributed by atoms with Crippen LogP contribution in [0.15, 0.2) is 53.9 Å². The first-order valence-corrected chi connectivity index (χ1v) is 13.3. The van der Waals surface area contributed by atoms with E-state index in [-0.39, 0.29) is 5.13 Å². The second-order valence-corrected chi connectivity index (χ2v) is 9.99. The molecule has 3 N–H and O–H groups in total. The van der Waals surface area contributed by atoms with Crippen LogP contribution in [0, 0.1) is 0 Å². The quantitative estimate of drug-likeness (QED) is 0.374. The number of urea groups is 1. The van der Waals surface area contributed by atoms with Crippen molar-refractivity contribution in [3.05, 3.63) is 70.7 Å². The molecule has 10 nitrogen and oxygen atoms in total. The number of anilines is 1. The van der Waals surface area contributed by atoms with E-state index in [4.69, 9.17) is 9.47 Å². The van der Waals surface area contributed by atoms with Gasteiger partial charge in [0, 0.05) is 11.3 Å². The predicted octanol–water partition coefficient (Wildman–Crippen LogP) is 3.76. The molecule has 0 saturated carbocycles. The monoisotopic (exact) mass is 536 g/mol. The summed E-state index contributed by atoms with van der Waals surface area (Å²) >= 11 is 1.17. The molecule has 0 bridgehead atoms. The van der Waals surface area contributed by atoms with Gasteiger partial charge in [0.05, 0.1) is 11.8 Å². The molecular weight excluding hydrogens is 508 g/mol. The average Bonchev–Trinajstić information content (AvgIpc) is 3.52. The Morgan fingerprint density at radius 2 is 1.92 bits per heavy atom. The molecule has 198 valence electrons. The van der Waals surface area contributed by atoms with Crippen molar-refractivity contribution in [3.8, 4) is 11.5 Å². The summed E-state index contributed by atoms with van der Waals surface area (Å²) in [5.41, 5.74) is 1.77. The van der Waals surface area contributed by atoms with E-state index < -0.39 is 42.0 Å². The summed E-state index contributed by atoms with van der Waals surface area (Å²) < 4.78 is 11.2. The standard InChI is InChI=1S/C27H28N4O6S/c1-3-19(32)18-14-38-26(28-18)30-24(33)23(15(2)16-7-5-4-6-8-16)31-25(34)22(29-27(31)35)17-9-10-20-21(13-17)37-12-11-36-20/h4-10,13-15,19,22-23,32H,3,11-12H2,1-2H3,(H,29,35)(H,28,30,33)/t15-,19?,22+,23?/m0/s1. The fourth-order valence-corrected chi connectivity index (χ4v) is 5.37. The number of hydrogen-bond donors (Lipinski definition) is 3. The molecule has 1 aromatic heterocycles. The fraction of sp³-hybridized carbons (Fsp3) is 0.333. The third-order valence-electron chi connectivity index (χ3n) is 6.70. The van der Waals surface area contributed by atoms with Crippen molar-refractivity contribution in [3.63, 3.8) is 0 Å². The van der Waals surface area contributed by atoms with E-state index in [0.29, 0.717) is 42.4 Å². The highest BCUT2D eigenvalue weighted by Crippen LogP contribution is 2.36. The molecule has 0 radical (unpaired) electrons. The number of nitrogens with zero attached hydrogens (tertiary/aromatic N) is 2. The van der Waals surface area contributed by atoms with E-state index in [2.05, 4.69) is 15.6 Å². The second-order valence-electron chi connectivity index (χ2n) is 9.13. The number of imide groups is 1. The lowest BCUT2D eigenvalue weighted by Crippen LogP contribution is -2.50. The molecule has 1 saturated heterocycles. The molecule has 5 rings (SSSR count). The number of carbonyl (C=O) groups excluding carboxylic acids is 3. The Morgan fingerprint density at radius 3 is 2.66 bits per heavy atom. The molecule has 0 spiro atoms. The number of ether oxygens (including phenoxy) is 2. The number of thiazole rings is 1. The molecule has 4 amide bonds. The van der Waals surface area contributed by atoms with Crippen LogP contribution in [0.4, 0.5) is 9.93 Å². The lowest BCUT2D eigenvalue weighted by molar-refractivity contribution is -0.134. The number of amides is 4. The van der Waals surface area contributed by atoms with Crippen molar-refractivity contribution in [1.29, 1.82) is 0 Å². The van der Waals surface area contributed by atoms with E-state index in [1.54, 1.807) is 30.5 Å². The lowest BCUT2D eigenvalue weighted by Gasteiger charge is -2.29. The summed E-state index contributed by atoms with van der Waals surface area (Å²) in [4.78, 5) is 45.9. The zero-order valence-electron chi connectivity index (χ0n) is 20.9. The minimum atomic E-state index is -1.16. The number of rotatable bonds is 8. The summed E-state index contributed by atoms with van der Waals surface area (Å²) in [7, 11) is 0. The van der Waals surface area contributed by atoms with Gasteiger partial charge in [-0.15, -0.1) is 11.3 Å². The third-order valence-corrected chi connectivity index (χ3v) is 7.47.